The molecule has 0 saturated carbocycles. The van der Waals surface area contributed by atoms with Gasteiger partial charge >= 0.3 is 0 Å². The van der Waals surface area contributed by atoms with Crippen LogP contribution >= 0.6 is 0 Å². The molecule has 0 bridgehead atoms. The van der Waals surface area contributed by atoms with Crippen LogP contribution < -0.4 is 4.90 Å². The Kier molecular flexibility index (Phi) is 3.19. The highest BCUT2D eigenvalue weighted by Gasteiger charge is 2.10. The number of nitrogens with zero attached hydrogens (tertiary/aromatic N) is 1. The van der Waals surface area contributed by atoms with E-state index in [4.69, 9.17) is 0 Å². The summed E-state index contributed by atoms with van der Waals surface area (Å²) in [5.74, 6) is 0. The van der Waals surface area contributed by atoms with Crippen LogP contribution in [0.4, 0.5) is 5.69 Å². The number of anilines is 1. The van der Waals surface area contributed by atoms with Crippen LogP contribution in [0.25, 0.3) is 11.1 Å². The summed E-state index contributed by atoms with van der Waals surface area (Å²) in [4.78, 5) is 2.17. The summed E-state index contributed by atoms with van der Waals surface area (Å²) in [6.07, 6.45) is 0. The Labute approximate surface area is 104 Å². The lowest BCUT2D eigenvalue weighted by molar-refractivity contribution is 1.13. The molecule has 0 aliphatic carbocycles. The highest BCUT2D eigenvalue weighted by atomic mass is 15.1. The minimum Gasteiger partial charge on any atom is -0.377 e. The largest absolute Gasteiger partial charge is 0.377 e. The van der Waals surface area contributed by atoms with Crippen molar-refractivity contribution in [2.75, 3.05) is 19.0 Å². The average molecular weight is 225 g/mol. The molecular formula is C16H19N. The Morgan fingerprint density at radius 3 is 1.94 bits per heavy atom. The fourth-order valence-corrected chi connectivity index (χ4v) is 2.31. The first-order valence-electron chi connectivity index (χ1n) is 5.94. The summed E-state index contributed by atoms with van der Waals surface area (Å²) in [7, 11) is 4.18. The summed E-state index contributed by atoms with van der Waals surface area (Å²) < 4.78 is 0. The Hall–Kier alpha value is -1.76. The number of benzene rings is 2. The van der Waals surface area contributed by atoms with E-state index in [0.29, 0.717) is 0 Å². The van der Waals surface area contributed by atoms with E-state index in [9.17, 15) is 0 Å². The molecule has 2 aromatic rings. The lowest BCUT2D eigenvalue weighted by Gasteiger charge is -2.19. The van der Waals surface area contributed by atoms with Crippen molar-refractivity contribution in [1.82, 2.24) is 0 Å². The molecule has 0 amide bonds. The maximum atomic E-state index is 2.20. The molecule has 0 aliphatic rings. The second-order valence-corrected chi connectivity index (χ2v) is 4.68. The summed E-state index contributed by atoms with van der Waals surface area (Å²) in [5.41, 5.74) is 6.61. The molecule has 0 heterocycles. The van der Waals surface area contributed by atoms with E-state index in [0.717, 1.165) is 0 Å². The average Bonchev–Trinajstić information content (AvgIpc) is 2.29. The van der Waals surface area contributed by atoms with Gasteiger partial charge in [-0.25, -0.2) is 0 Å². The first kappa shape index (κ1) is 11.7. The lowest BCUT2D eigenvalue weighted by Crippen LogP contribution is -2.10. The molecule has 0 spiro atoms. The predicted octanol–water partition coefficient (Wildman–Crippen LogP) is 4.04. The van der Waals surface area contributed by atoms with E-state index in [2.05, 4.69) is 75.3 Å². The van der Waals surface area contributed by atoms with Crippen LogP contribution in [-0.2, 0) is 0 Å². The zero-order valence-electron chi connectivity index (χ0n) is 11.0. The van der Waals surface area contributed by atoms with Crippen molar-refractivity contribution in [3.63, 3.8) is 0 Å². The highest BCUT2D eigenvalue weighted by molar-refractivity contribution is 5.82. The Morgan fingerprint density at radius 1 is 0.765 bits per heavy atom. The maximum absolute atomic E-state index is 2.20. The Morgan fingerprint density at radius 2 is 1.35 bits per heavy atom. The van der Waals surface area contributed by atoms with Crippen molar-refractivity contribution in [1.29, 1.82) is 0 Å². The van der Waals surface area contributed by atoms with Crippen molar-refractivity contribution >= 4 is 5.69 Å². The molecule has 0 saturated heterocycles. The van der Waals surface area contributed by atoms with E-state index in [1.807, 2.05) is 0 Å². The maximum Gasteiger partial charge on any atom is 0.0440 e. The van der Waals surface area contributed by atoms with Gasteiger partial charge in [0.1, 0.15) is 0 Å². The van der Waals surface area contributed by atoms with Gasteiger partial charge in [-0.1, -0.05) is 36.4 Å². The Bertz CT molecular complexity index is 507. The lowest BCUT2D eigenvalue weighted by atomic mass is 9.94. The molecule has 17 heavy (non-hydrogen) atoms. The molecule has 2 rings (SSSR count). The molecule has 0 N–H and O–H groups in total. The SMILES string of the molecule is Cc1cccc(C)c1-c1ccccc1N(C)C. The standard InChI is InChI=1S/C16H19N/c1-12-8-7-9-13(2)16(12)14-10-5-6-11-15(14)17(3)4/h5-11H,1-4H3. The first-order chi connectivity index (χ1) is 8.11. The molecular weight excluding hydrogens is 206 g/mol. The first-order valence-corrected chi connectivity index (χ1v) is 5.94. The highest BCUT2D eigenvalue weighted by Crippen LogP contribution is 2.33. The van der Waals surface area contributed by atoms with E-state index >= 15 is 0 Å². The third-order valence-corrected chi connectivity index (χ3v) is 3.14. The van der Waals surface area contributed by atoms with Gasteiger partial charge in [-0.15, -0.1) is 0 Å². The molecule has 0 radical (unpaired) electrons. The van der Waals surface area contributed by atoms with Crippen LogP contribution in [0.3, 0.4) is 0 Å². The number of hydrogen-bond acceptors (Lipinski definition) is 1. The van der Waals surface area contributed by atoms with Gasteiger partial charge in [0.2, 0.25) is 0 Å². The zero-order valence-corrected chi connectivity index (χ0v) is 11.0. The quantitative estimate of drug-likeness (QED) is 0.745. The fourth-order valence-electron chi connectivity index (χ4n) is 2.31. The van der Waals surface area contributed by atoms with Gasteiger partial charge in [-0.05, 0) is 36.6 Å². The third kappa shape index (κ3) is 2.19. The smallest absolute Gasteiger partial charge is 0.0440 e. The minimum absolute atomic E-state index is 1.27. The van der Waals surface area contributed by atoms with Crippen LogP contribution in [0.2, 0.25) is 0 Å². The summed E-state index contributed by atoms with van der Waals surface area (Å²) in [5, 5.41) is 0. The van der Waals surface area contributed by atoms with Gasteiger partial charge in [-0.2, -0.15) is 0 Å². The Balaban J connectivity index is 2.69. The van der Waals surface area contributed by atoms with Gasteiger partial charge in [0.15, 0.2) is 0 Å². The van der Waals surface area contributed by atoms with Crippen molar-refractivity contribution in [3.05, 3.63) is 53.6 Å². The van der Waals surface area contributed by atoms with Gasteiger partial charge in [0.05, 0.1) is 0 Å². The third-order valence-electron chi connectivity index (χ3n) is 3.14. The molecule has 88 valence electrons. The summed E-state index contributed by atoms with van der Waals surface area (Å²) in [6, 6.07) is 15.0. The van der Waals surface area contributed by atoms with Crippen LogP contribution in [0.5, 0.6) is 0 Å². The van der Waals surface area contributed by atoms with E-state index in [1.54, 1.807) is 0 Å². The predicted molar refractivity (Wildman–Crippen MR) is 75.7 cm³/mol. The fraction of sp³-hybridized carbons (Fsp3) is 0.250. The molecule has 0 unspecified atom stereocenters. The molecule has 2 aromatic carbocycles. The molecule has 0 atom stereocenters. The molecule has 1 heteroatoms. The van der Waals surface area contributed by atoms with Gasteiger partial charge < -0.3 is 4.90 Å². The minimum atomic E-state index is 1.27. The topological polar surface area (TPSA) is 3.24 Å². The summed E-state index contributed by atoms with van der Waals surface area (Å²) in [6.45, 7) is 4.35. The van der Waals surface area contributed by atoms with Crippen molar-refractivity contribution in [2.45, 2.75) is 13.8 Å². The van der Waals surface area contributed by atoms with Crippen molar-refractivity contribution in [3.8, 4) is 11.1 Å². The second kappa shape index (κ2) is 4.62. The monoisotopic (exact) mass is 225 g/mol. The molecule has 0 fully saturated rings. The number of rotatable bonds is 2. The van der Waals surface area contributed by atoms with Crippen LogP contribution in [0.15, 0.2) is 42.5 Å². The van der Waals surface area contributed by atoms with Gasteiger partial charge in [0, 0.05) is 25.3 Å². The van der Waals surface area contributed by atoms with Gasteiger partial charge in [0.25, 0.3) is 0 Å². The summed E-state index contributed by atoms with van der Waals surface area (Å²) >= 11 is 0. The van der Waals surface area contributed by atoms with Crippen LogP contribution in [-0.4, -0.2) is 14.1 Å². The number of para-hydroxylation sites is 1. The van der Waals surface area contributed by atoms with Crippen molar-refractivity contribution in [2.24, 2.45) is 0 Å². The van der Waals surface area contributed by atoms with Crippen molar-refractivity contribution < 1.29 is 0 Å². The molecule has 0 aromatic heterocycles. The normalized spacial score (nSPS) is 10.4. The zero-order chi connectivity index (χ0) is 12.4. The number of hydrogen-bond donors (Lipinski definition) is 0. The molecule has 0 aliphatic heterocycles. The van der Waals surface area contributed by atoms with Gasteiger partial charge in [-0.3, -0.25) is 0 Å². The van der Waals surface area contributed by atoms with E-state index in [-0.39, 0.29) is 0 Å². The van der Waals surface area contributed by atoms with E-state index < -0.39 is 0 Å². The number of aryl methyl sites for hydroxylation is 2. The van der Waals surface area contributed by atoms with Crippen LogP contribution in [0.1, 0.15) is 11.1 Å². The second-order valence-electron chi connectivity index (χ2n) is 4.68. The molecule has 1 nitrogen and oxygen atoms in total. The van der Waals surface area contributed by atoms with Crippen LogP contribution in [0, 0.1) is 13.8 Å². The van der Waals surface area contributed by atoms with E-state index in [1.165, 1.54) is 27.9 Å².